The molecule has 2 atom stereocenters. The van der Waals surface area contributed by atoms with Gasteiger partial charge in [0, 0.05) is 23.6 Å². The van der Waals surface area contributed by atoms with Crippen LogP contribution < -0.4 is 5.32 Å². The van der Waals surface area contributed by atoms with Crippen molar-refractivity contribution in [2.24, 2.45) is 0 Å². The third-order valence-corrected chi connectivity index (χ3v) is 4.23. The number of nitrogens with one attached hydrogen (secondary N) is 1. The monoisotopic (exact) mass is 240 g/mol. The zero-order valence-corrected chi connectivity index (χ0v) is 11.1. The Morgan fingerprint density at radius 3 is 2.88 bits per heavy atom. The lowest BCUT2D eigenvalue weighted by atomic mass is 10.1. The molecule has 1 N–H and O–H groups in total. The van der Waals surface area contributed by atoms with Crippen LogP contribution in [-0.2, 0) is 4.74 Å². The average Bonchev–Trinajstić information content (AvgIpc) is 2.59. The van der Waals surface area contributed by atoms with Crippen LogP contribution in [0.15, 0.2) is 0 Å². The standard InChI is InChI=1S/C12H20N2OS/c1-8-12(16-10(3)13-8)9(2)14-11-5-4-6-15-7-11/h9,11,14H,4-7H2,1-3H3. The minimum atomic E-state index is 0.387. The summed E-state index contributed by atoms with van der Waals surface area (Å²) < 4.78 is 5.48. The zero-order valence-electron chi connectivity index (χ0n) is 10.2. The van der Waals surface area contributed by atoms with E-state index in [1.807, 2.05) is 0 Å². The molecule has 1 aliphatic rings. The fraction of sp³-hybridized carbons (Fsp3) is 0.750. The fourth-order valence-corrected chi connectivity index (χ4v) is 3.19. The minimum Gasteiger partial charge on any atom is -0.380 e. The summed E-state index contributed by atoms with van der Waals surface area (Å²) in [6, 6.07) is 0.892. The summed E-state index contributed by atoms with van der Waals surface area (Å²) in [5.41, 5.74) is 1.17. The largest absolute Gasteiger partial charge is 0.380 e. The first kappa shape index (κ1) is 12.0. The molecule has 0 spiro atoms. The van der Waals surface area contributed by atoms with Gasteiger partial charge in [-0.25, -0.2) is 4.98 Å². The van der Waals surface area contributed by atoms with Crippen LogP contribution in [0.4, 0.5) is 0 Å². The number of aromatic nitrogens is 1. The maximum atomic E-state index is 5.48. The molecular weight excluding hydrogens is 220 g/mol. The number of ether oxygens (including phenoxy) is 1. The first-order valence-electron chi connectivity index (χ1n) is 5.94. The molecule has 0 aromatic carbocycles. The van der Waals surface area contributed by atoms with Crippen molar-refractivity contribution in [1.29, 1.82) is 0 Å². The second-order valence-electron chi connectivity index (χ2n) is 4.48. The Morgan fingerprint density at radius 2 is 2.31 bits per heavy atom. The summed E-state index contributed by atoms with van der Waals surface area (Å²) in [6.07, 6.45) is 2.40. The molecule has 16 heavy (non-hydrogen) atoms. The van der Waals surface area contributed by atoms with Crippen molar-refractivity contribution in [2.75, 3.05) is 13.2 Å². The fourth-order valence-electron chi connectivity index (χ4n) is 2.25. The van der Waals surface area contributed by atoms with Gasteiger partial charge in [0.15, 0.2) is 0 Å². The summed E-state index contributed by atoms with van der Waals surface area (Å²) in [6.45, 7) is 8.15. The van der Waals surface area contributed by atoms with Crippen LogP contribution in [0.3, 0.4) is 0 Å². The predicted octanol–water partition coefficient (Wildman–Crippen LogP) is 2.59. The highest BCUT2D eigenvalue weighted by molar-refractivity contribution is 7.11. The van der Waals surface area contributed by atoms with Crippen LogP contribution in [0, 0.1) is 13.8 Å². The van der Waals surface area contributed by atoms with Crippen LogP contribution in [0.2, 0.25) is 0 Å². The van der Waals surface area contributed by atoms with Crippen molar-refractivity contribution in [1.82, 2.24) is 10.3 Å². The maximum absolute atomic E-state index is 5.48. The van der Waals surface area contributed by atoms with Crippen molar-refractivity contribution in [3.63, 3.8) is 0 Å². The normalized spacial score (nSPS) is 23.3. The van der Waals surface area contributed by atoms with E-state index >= 15 is 0 Å². The highest BCUT2D eigenvalue weighted by Gasteiger charge is 2.19. The van der Waals surface area contributed by atoms with E-state index in [0.29, 0.717) is 12.1 Å². The van der Waals surface area contributed by atoms with Crippen molar-refractivity contribution in [3.8, 4) is 0 Å². The molecule has 0 saturated carbocycles. The molecule has 1 saturated heterocycles. The quantitative estimate of drug-likeness (QED) is 0.882. The van der Waals surface area contributed by atoms with Crippen LogP contribution in [-0.4, -0.2) is 24.2 Å². The second-order valence-corrected chi connectivity index (χ2v) is 5.72. The molecule has 0 bridgehead atoms. The number of aryl methyl sites for hydroxylation is 2. The number of hydrogen-bond acceptors (Lipinski definition) is 4. The first-order valence-corrected chi connectivity index (χ1v) is 6.76. The van der Waals surface area contributed by atoms with Crippen LogP contribution in [0.5, 0.6) is 0 Å². The van der Waals surface area contributed by atoms with Crippen molar-refractivity contribution in [3.05, 3.63) is 15.6 Å². The molecular formula is C12H20N2OS. The summed E-state index contributed by atoms with van der Waals surface area (Å²) in [5, 5.41) is 4.79. The lowest BCUT2D eigenvalue weighted by Crippen LogP contribution is -2.38. The Kier molecular flexibility index (Phi) is 3.95. The molecule has 1 aromatic rings. The van der Waals surface area contributed by atoms with E-state index in [1.165, 1.54) is 23.4 Å². The van der Waals surface area contributed by atoms with Crippen LogP contribution >= 0.6 is 11.3 Å². The smallest absolute Gasteiger partial charge is 0.0900 e. The maximum Gasteiger partial charge on any atom is 0.0900 e. The van der Waals surface area contributed by atoms with E-state index in [-0.39, 0.29) is 0 Å². The summed E-state index contributed by atoms with van der Waals surface area (Å²) in [4.78, 5) is 5.84. The Bertz CT molecular complexity index is 345. The third kappa shape index (κ3) is 2.81. The molecule has 1 fully saturated rings. The Hall–Kier alpha value is -0.450. The lowest BCUT2D eigenvalue weighted by molar-refractivity contribution is 0.0672. The molecule has 0 amide bonds. The van der Waals surface area contributed by atoms with Crippen molar-refractivity contribution >= 4 is 11.3 Å². The second kappa shape index (κ2) is 5.25. The Morgan fingerprint density at radius 1 is 1.50 bits per heavy atom. The van der Waals surface area contributed by atoms with Gasteiger partial charge in [0.25, 0.3) is 0 Å². The van der Waals surface area contributed by atoms with Crippen molar-refractivity contribution in [2.45, 2.75) is 45.7 Å². The van der Waals surface area contributed by atoms with Gasteiger partial charge < -0.3 is 10.1 Å². The summed E-state index contributed by atoms with van der Waals surface area (Å²) in [7, 11) is 0. The van der Waals surface area contributed by atoms with E-state index in [0.717, 1.165) is 18.2 Å². The van der Waals surface area contributed by atoms with Gasteiger partial charge in [-0.05, 0) is 33.6 Å². The summed E-state index contributed by atoms with van der Waals surface area (Å²) >= 11 is 1.80. The van der Waals surface area contributed by atoms with Gasteiger partial charge in [-0.15, -0.1) is 11.3 Å². The Balaban J connectivity index is 1.96. The number of hydrogen-bond donors (Lipinski definition) is 1. The predicted molar refractivity (Wildman–Crippen MR) is 67.0 cm³/mol. The molecule has 0 aliphatic carbocycles. The van der Waals surface area contributed by atoms with Crippen LogP contribution in [0.1, 0.15) is 41.4 Å². The van der Waals surface area contributed by atoms with E-state index in [1.54, 1.807) is 11.3 Å². The molecule has 2 unspecified atom stereocenters. The number of rotatable bonds is 3. The van der Waals surface area contributed by atoms with Gasteiger partial charge in [0.05, 0.1) is 17.3 Å². The van der Waals surface area contributed by atoms with Gasteiger partial charge in [-0.2, -0.15) is 0 Å². The number of thiazole rings is 1. The van der Waals surface area contributed by atoms with Crippen molar-refractivity contribution < 1.29 is 4.74 Å². The van der Waals surface area contributed by atoms with Gasteiger partial charge in [0.2, 0.25) is 0 Å². The van der Waals surface area contributed by atoms with Gasteiger partial charge in [-0.1, -0.05) is 0 Å². The topological polar surface area (TPSA) is 34.2 Å². The molecule has 3 nitrogen and oxygen atoms in total. The highest BCUT2D eigenvalue weighted by Crippen LogP contribution is 2.25. The van der Waals surface area contributed by atoms with E-state index < -0.39 is 0 Å². The van der Waals surface area contributed by atoms with E-state index in [2.05, 4.69) is 31.1 Å². The summed E-state index contributed by atoms with van der Waals surface area (Å²) in [5.74, 6) is 0. The minimum absolute atomic E-state index is 0.387. The first-order chi connectivity index (χ1) is 7.66. The zero-order chi connectivity index (χ0) is 11.5. The molecule has 2 heterocycles. The van der Waals surface area contributed by atoms with Crippen LogP contribution in [0.25, 0.3) is 0 Å². The third-order valence-electron chi connectivity index (χ3n) is 2.98. The van der Waals surface area contributed by atoms with E-state index in [9.17, 15) is 0 Å². The van der Waals surface area contributed by atoms with Gasteiger partial charge in [0.1, 0.15) is 0 Å². The highest BCUT2D eigenvalue weighted by atomic mass is 32.1. The Labute approximate surface area is 101 Å². The van der Waals surface area contributed by atoms with Gasteiger partial charge in [-0.3, -0.25) is 0 Å². The molecule has 0 radical (unpaired) electrons. The van der Waals surface area contributed by atoms with Gasteiger partial charge >= 0.3 is 0 Å². The molecule has 1 aliphatic heterocycles. The molecule has 90 valence electrons. The SMILES string of the molecule is Cc1nc(C)c(C(C)NC2CCCOC2)s1. The van der Waals surface area contributed by atoms with E-state index in [4.69, 9.17) is 4.74 Å². The average molecular weight is 240 g/mol. The molecule has 1 aromatic heterocycles. The number of nitrogens with zero attached hydrogens (tertiary/aromatic N) is 1. The lowest BCUT2D eigenvalue weighted by Gasteiger charge is -2.26. The molecule has 2 rings (SSSR count). The molecule has 4 heteroatoms.